The molecule has 0 spiro atoms. The minimum Gasteiger partial charge on any atom is -0.378 e. The van der Waals surface area contributed by atoms with Gasteiger partial charge in [-0.1, -0.05) is 12.1 Å². The minimum atomic E-state index is -0.597. The molecule has 3 fully saturated rings. The molecule has 4 atom stereocenters. The molecule has 4 amide bonds. The number of benzene rings is 1. The molecule has 2 N–H and O–H groups in total. The van der Waals surface area contributed by atoms with Crippen LogP contribution < -0.4 is 10.6 Å². The third kappa shape index (κ3) is 4.40. The van der Waals surface area contributed by atoms with Gasteiger partial charge in [0, 0.05) is 27.2 Å². The van der Waals surface area contributed by atoms with Gasteiger partial charge >= 0.3 is 6.03 Å². The van der Waals surface area contributed by atoms with Gasteiger partial charge in [-0.05, 0) is 17.7 Å². The number of fused-ring (bicyclic) bond motifs is 1. The summed E-state index contributed by atoms with van der Waals surface area (Å²) in [4.78, 5) is 42.5. The number of amides is 4. The normalized spacial score (nSPS) is 29.2. The maximum atomic E-state index is 13.8. The van der Waals surface area contributed by atoms with Gasteiger partial charge in [0.15, 0.2) is 0 Å². The van der Waals surface area contributed by atoms with Gasteiger partial charge in [-0.2, -0.15) is 0 Å². The van der Waals surface area contributed by atoms with Gasteiger partial charge in [0.05, 0.1) is 42.6 Å². The smallest absolute Gasteiger partial charge is 0.327 e. The summed E-state index contributed by atoms with van der Waals surface area (Å²) in [6.45, 7) is 2.14. The number of ether oxygens (including phenoxy) is 1. The highest BCUT2D eigenvalue weighted by atomic mass is 32.2. The lowest BCUT2D eigenvalue weighted by atomic mass is 9.96. The van der Waals surface area contributed by atoms with Crippen LogP contribution in [0.5, 0.6) is 0 Å². The number of carbonyl (C=O) groups excluding carboxylic acids is 3. The largest absolute Gasteiger partial charge is 0.378 e. The quantitative estimate of drug-likeness (QED) is 0.685. The molecule has 3 aliphatic rings. The second-order valence-corrected chi connectivity index (χ2v) is 8.94. The molecule has 3 heterocycles. The zero-order chi connectivity index (χ0) is 22.1. The molecular formula is C20H26FN5O4S. The first-order valence-electron chi connectivity index (χ1n) is 10.2. The summed E-state index contributed by atoms with van der Waals surface area (Å²) in [6, 6.07) is 5.74. The molecule has 1 aromatic rings. The number of thioether (sulfide) groups is 1. The first-order valence-corrected chi connectivity index (χ1v) is 11.2. The van der Waals surface area contributed by atoms with Crippen molar-refractivity contribution in [2.45, 2.75) is 17.7 Å². The van der Waals surface area contributed by atoms with Crippen LogP contribution in [0, 0.1) is 11.7 Å². The third-order valence-corrected chi connectivity index (χ3v) is 7.09. The first kappa shape index (κ1) is 22.0. The number of halogens is 1. The number of hydrogen-bond acceptors (Lipinski definition) is 7. The molecule has 3 saturated heterocycles. The lowest BCUT2D eigenvalue weighted by Gasteiger charge is -2.50. The van der Waals surface area contributed by atoms with E-state index in [1.165, 1.54) is 35.8 Å². The van der Waals surface area contributed by atoms with E-state index in [0.717, 1.165) is 4.90 Å². The van der Waals surface area contributed by atoms with Crippen molar-refractivity contribution in [3.05, 3.63) is 35.6 Å². The van der Waals surface area contributed by atoms with E-state index in [9.17, 15) is 18.8 Å². The van der Waals surface area contributed by atoms with Crippen molar-refractivity contribution in [2.75, 3.05) is 46.2 Å². The predicted molar refractivity (Wildman–Crippen MR) is 112 cm³/mol. The van der Waals surface area contributed by atoms with E-state index < -0.39 is 29.7 Å². The van der Waals surface area contributed by atoms with Crippen molar-refractivity contribution in [3.8, 4) is 0 Å². The van der Waals surface area contributed by atoms with Gasteiger partial charge in [0.1, 0.15) is 5.82 Å². The molecule has 0 aromatic heterocycles. The number of hydrogen-bond donors (Lipinski definition) is 2. The molecule has 4 unspecified atom stereocenters. The first-order chi connectivity index (χ1) is 14.9. The lowest BCUT2D eigenvalue weighted by molar-refractivity contribution is -0.140. The lowest BCUT2D eigenvalue weighted by Crippen LogP contribution is -2.72. The highest BCUT2D eigenvalue weighted by Crippen LogP contribution is 2.34. The van der Waals surface area contributed by atoms with Crippen molar-refractivity contribution in [1.29, 1.82) is 0 Å². The fourth-order valence-electron chi connectivity index (χ4n) is 4.14. The highest BCUT2D eigenvalue weighted by molar-refractivity contribution is 8.00. The summed E-state index contributed by atoms with van der Waals surface area (Å²) in [5.74, 6) is -1.12. The number of imide groups is 1. The maximum Gasteiger partial charge on any atom is 0.327 e. The van der Waals surface area contributed by atoms with Crippen LogP contribution in [0.4, 0.5) is 9.18 Å². The van der Waals surface area contributed by atoms with Crippen molar-refractivity contribution in [1.82, 2.24) is 25.3 Å². The number of carbonyl (C=O) groups is 3. The molecule has 0 saturated carbocycles. The molecule has 0 radical (unpaired) electrons. The van der Waals surface area contributed by atoms with E-state index in [1.807, 2.05) is 0 Å². The zero-order valence-corrected chi connectivity index (χ0v) is 18.2. The number of morpholine rings is 1. The Morgan fingerprint density at radius 3 is 2.68 bits per heavy atom. The van der Waals surface area contributed by atoms with Crippen LogP contribution in [0.3, 0.4) is 0 Å². The van der Waals surface area contributed by atoms with Crippen LogP contribution in [0.1, 0.15) is 11.7 Å². The Bertz CT molecular complexity index is 868. The summed E-state index contributed by atoms with van der Waals surface area (Å²) >= 11 is 1.33. The summed E-state index contributed by atoms with van der Waals surface area (Å²) in [6.07, 6.45) is -1.07. The Labute approximate surface area is 184 Å². The van der Waals surface area contributed by atoms with E-state index in [0.29, 0.717) is 31.9 Å². The topological polar surface area (TPSA) is 94.2 Å². The second kappa shape index (κ2) is 9.11. The zero-order valence-electron chi connectivity index (χ0n) is 17.4. The fourth-order valence-corrected chi connectivity index (χ4v) is 5.35. The molecule has 9 nitrogen and oxygen atoms in total. The Hall–Kier alpha value is -2.21. The van der Waals surface area contributed by atoms with Gasteiger partial charge in [0.25, 0.3) is 0 Å². The van der Waals surface area contributed by atoms with Crippen molar-refractivity contribution in [2.24, 2.45) is 5.92 Å². The number of nitrogens with one attached hydrogen (secondary N) is 2. The van der Waals surface area contributed by atoms with Gasteiger partial charge in [-0.3, -0.25) is 25.1 Å². The molecule has 168 valence electrons. The van der Waals surface area contributed by atoms with Crippen LogP contribution in [-0.2, 0) is 14.3 Å². The third-order valence-electron chi connectivity index (χ3n) is 5.89. The summed E-state index contributed by atoms with van der Waals surface area (Å²) in [5, 5.41) is 6.16. The molecule has 0 aliphatic carbocycles. The average molecular weight is 452 g/mol. The molecule has 11 heteroatoms. The van der Waals surface area contributed by atoms with Crippen LogP contribution in [0.25, 0.3) is 0 Å². The Morgan fingerprint density at radius 1 is 1.23 bits per heavy atom. The average Bonchev–Trinajstić information content (AvgIpc) is 2.79. The standard InChI is InChI=1S/C20H26FN5O4S/c1-24-17-15(19(28)25(2)20(24)29)18(31-11-14(27)26-6-8-30-9-7-26)23-16(22-17)12-4-3-5-13(21)10-12/h3-5,10,15-18,22-23H,6-9,11H2,1-2H3. The number of nitrogens with zero attached hydrogens (tertiary/aromatic N) is 3. The van der Waals surface area contributed by atoms with E-state index in [2.05, 4.69) is 10.6 Å². The van der Waals surface area contributed by atoms with Crippen molar-refractivity contribution >= 4 is 29.6 Å². The number of urea groups is 1. The molecule has 0 bridgehead atoms. The Balaban J connectivity index is 1.56. The molecule has 31 heavy (non-hydrogen) atoms. The molecular weight excluding hydrogens is 425 g/mol. The van der Waals surface area contributed by atoms with Crippen LogP contribution in [-0.4, -0.2) is 90.2 Å². The molecule has 3 aliphatic heterocycles. The molecule has 4 rings (SSSR count). The monoisotopic (exact) mass is 451 g/mol. The minimum absolute atomic E-state index is 0.0199. The molecule has 1 aromatic carbocycles. The van der Waals surface area contributed by atoms with Crippen LogP contribution in [0.15, 0.2) is 24.3 Å². The van der Waals surface area contributed by atoms with Gasteiger partial charge in [-0.15, -0.1) is 11.8 Å². The highest BCUT2D eigenvalue weighted by Gasteiger charge is 2.51. The Morgan fingerprint density at radius 2 is 1.97 bits per heavy atom. The fraction of sp³-hybridized carbons (Fsp3) is 0.550. The van der Waals surface area contributed by atoms with E-state index >= 15 is 0 Å². The predicted octanol–water partition coefficient (Wildman–Crippen LogP) is 0.401. The summed E-state index contributed by atoms with van der Waals surface area (Å²) in [5.41, 5.74) is 0.649. The summed E-state index contributed by atoms with van der Waals surface area (Å²) in [7, 11) is 3.08. The van der Waals surface area contributed by atoms with Gasteiger partial charge in [-0.25, -0.2) is 9.18 Å². The van der Waals surface area contributed by atoms with Crippen molar-refractivity contribution in [3.63, 3.8) is 0 Å². The number of rotatable bonds is 4. The van der Waals surface area contributed by atoms with Crippen LogP contribution >= 0.6 is 11.8 Å². The van der Waals surface area contributed by atoms with Gasteiger partial charge in [0.2, 0.25) is 11.8 Å². The van der Waals surface area contributed by atoms with Gasteiger partial charge < -0.3 is 14.5 Å². The van der Waals surface area contributed by atoms with E-state index in [1.54, 1.807) is 24.1 Å². The van der Waals surface area contributed by atoms with E-state index in [-0.39, 0.29) is 23.4 Å². The SMILES string of the molecule is CN1C(=O)C2C(SCC(=O)N3CCOCC3)NC(c3cccc(F)c3)NC2N(C)C1=O. The Kier molecular flexibility index (Phi) is 6.47. The van der Waals surface area contributed by atoms with Crippen molar-refractivity contribution < 1.29 is 23.5 Å². The summed E-state index contributed by atoms with van der Waals surface area (Å²) < 4.78 is 19.1. The van der Waals surface area contributed by atoms with E-state index in [4.69, 9.17) is 4.74 Å². The second-order valence-electron chi connectivity index (χ2n) is 7.81. The van der Waals surface area contributed by atoms with Crippen LogP contribution in [0.2, 0.25) is 0 Å². The maximum absolute atomic E-state index is 13.8.